The minimum absolute atomic E-state index is 0.295. The molecule has 0 saturated carbocycles. The predicted molar refractivity (Wildman–Crippen MR) is 77.3 cm³/mol. The van der Waals surface area contributed by atoms with Crippen LogP contribution in [0.3, 0.4) is 0 Å². The van der Waals surface area contributed by atoms with Crippen molar-refractivity contribution in [3.63, 3.8) is 0 Å². The molecule has 1 rings (SSSR count). The number of benzene rings is 1. The highest BCUT2D eigenvalue weighted by Crippen LogP contribution is 2.28. The van der Waals surface area contributed by atoms with Gasteiger partial charge in [-0.3, -0.25) is 0 Å². The second-order valence-corrected chi connectivity index (χ2v) is 4.93. The highest BCUT2D eigenvalue weighted by Gasteiger charge is 2.13. The summed E-state index contributed by atoms with van der Waals surface area (Å²) in [7, 11) is 0. The Kier molecular flexibility index (Phi) is 7.38. The van der Waals surface area contributed by atoms with Crippen molar-refractivity contribution in [2.75, 3.05) is 19.8 Å². The van der Waals surface area contributed by atoms with Gasteiger partial charge in [0.15, 0.2) is 6.29 Å². The van der Waals surface area contributed by atoms with E-state index in [2.05, 4.69) is 15.9 Å². The summed E-state index contributed by atoms with van der Waals surface area (Å²) in [6.07, 6.45) is -0.981. The number of halogens is 1. The highest BCUT2D eigenvalue weighted by molar-refractivity contribution is 9.10. The molecule has 5 heteroatoms. The van der Waals surface area contributed by atoms with Crippen molar-refractivity contribution < 1.29 is 19.3 Å². The fraction of sp³-hybridized carbons (Fsp3) is 0.571. The molecular formula is C14H21BrO4. The smallest absolute Gasteiger partial charge is 0.191 e. The van der Waals surface area contributed by atoms with Crippen molar-refractivity contribution in [3.05, 3.63) is 28.2 Å². The molecule has 0 aliphatic heterocycles. The van der Waals surface area contributed by atoms with Crippen LogP contribution in [0.15, 0.2) is 22.7 Å². The summed E-state index contributed by atoms with van der Waals surface area (Å²) in [5, 5.41) is 9.74. The second kappa shape index (κ2) is 8.53. The molecule has 0 amide bonds. The van der Waals surface area contributed by atoms with Crippen molar-refractivity contribution in [1.29, 1.82) is 0 Å². The Morgan fingerprint density at radius 3 is 2.37 bits per heavy atom. The van der Waals surface area contributed by atoms with Crippen molar-refractivity contribution in [3.8, 4) is 5.75 Å². The topological polar surface area (TPSA) is 47.9 Å². The Labute approximate surface area is 122 Å². The van der Waals surface area contributed by atoms with Crippen LogP contribution in [0.5, 0.6) is 5.75 Å². The molecule has 1 aromatic rings. The number of aliphatic hydroxyl groups excluding tert-OH is 1. The molecule has 0 saturated heterocycles. The Morgan fingerprint density at radius 1 is 1.21 bits per heavy atom. The SMILES string of the molecule is CCOC(COc1ccc(Br)cc1[C@@H](C)O)OCC. The fourth-order valence-corrected chi connectivity index (χ4v) is 2.03. The van der Waals surface area contributed by atoms with E-state index in [0.29, 0.717) is 25.6 Å². The van der Waals surface area contributed by atoms with Gasteiger partial charge >= 0.3 is 0 Å². The number of ether oxygens (including phenoxy) is 3. The zero-order valence-electron chi connectivity index (χ0n) is 11.6. The number of aliphatic hydroxyl groups is 1. The molecule has 1 atom stereocenters. The molecule has 0 aliphatic carbocycles. The first kappa shape index (κ1) is 16.4. The van der Waals surface area contributed by atoms with Gasteiger partial charge in [0.25, 0.3) is 0 Å². The Balaban J connectivity index is 2.70. The monoisotopic (exact) mass is 332 g/mol. The predicted octanol–water partition coefficient (Wildman–Crippen LogP) is 3.28. The van der Waals surface area contributed by atoms with Crippen LogP contribution in [0, 0.1) is 0 Å². The summed E-state index contributed by atoms with van der Waals surface area (Å²) in [5.41, 5.74) is 0.737. The van der Waals surface area contributed by atoms with Crippen molar-refractivity contribution in [2.45, 2.75) is 33.2 Å². The summed E-state index contributed by atoms with van der Waals surface area (Å²) in [4.78, 5) is 0. The molecule has 0 fully saturated rings. The standard InChI is InChI=1S/C14H21BrO4/c1-4-17-14(18-5-2)9-19-13-7-6-11(15)8-12(13)10(3)16/h6-8,10,14,16H,4-5,9H2,1-3H3/t10-/m1/s1. The van der Waals surface area contributed by atoms with Gasteiger partial charge in [0, 0.05) is 23.2 Å². The molecule has 1 N–H and O–H groups in total. The molecule has 108 valence electrons. The summed E-state index contributed by atoms with van der Waals surface area (Å²) in [5.74, 6) is 0.641. The second-order valence-electron chi connectivity index (χ2n) is 4.01. The van der Waals surface area contributed by atoms with Gasteiger partial charge in [0.2, 0.25) is 0 Å². The molecule has 4 nitrogen and oxygen atoms in total. The van der Waals surface area contributed by atoms with E-state index in [4.69, 9.17) is 14.2 Å². The Morgan fingerprint density at radius 2 is 1.84 bits per heavy atom. The first-order valence-electron chi connectivity index (χ1n) is 6.42. The quantitative estimate of drug-likeness (QED) is 0.742. The van der Waals surface area contributed by atoms with Crippen LogP contribution in [0.1, 0.15) is 32.4 Å². The van der Waals surface area contributed by atoms with Crippen LogP contribution in [0.4, 0.5) is 0 Å². The number of rotatable bonds is 8. The lowest BCUT2D eigenvalue weighted by atomic mass is 10.1. The van der Waals surface area contributed by atoms with Crippen molar-refractivity contribution >= 4 is 15.9 Å². The largest absolute Gasteiger partial charge is 0.488 e. The van der Waals surface area contributed by atoms with Crippen LogP contribution < -0.4 is 4.74 Å². The van der Waals surface area contributed by atoms with E-state index in [1.165, 1.54) is 0 Å². The minimum atomic E-state index is -0.592. The van der Waals surface area contributed by atoms with E-state index in [0.717, 1.165) is 10.0 Å². The summed E-state index contributed by atoms with van der Waals surface area (Å²) < 4.78 is 17.4. The van der Waals surface area contributed by atoms with Gasteiger partial charge in [-0.15, -0.1) is 0 Å². The lowest BCUT2D eigenvalue weighted by molar-refractivity contribution is -0.152. The summed E-state index contributed by atoms with van der Waals surface area (Å²) >= 11 is 3.38. The first-order valence-corrected chi connectivity index (χ1v) is 7.21. The Hall–Kier alpha value is -0.620. The van der Waals surface area contributed by atoms with Crippen LogP contribution in [0.2, 0.25) is 0 Å². The van der Waals surface area contributed by atoms with E-state index >= 15 is 0 Å². The molecule has 0 spiro atoms. The van der Waals surface area contributed by atoms with Gasteiger partial charge in [-0.1, -0.05) is 15.9 Å². The average Bonchev–Trinajstić information content (AvgIpc) is 2.37. The van der Waals surface area contributed by atoms with Crippen molar-refractivity contribution in [1.82, 2.24) is 0 Å². The van der Waals surface area contributed by atoms with Gasteiger partial charge in [-0.25, -0.2) is 0 Å². The van der Waals surface area contributed by atoms with E-state index in [9.17, 15) is 5.11 Å². The van der Waals surface area contributed by atoms with Gasteiger partial charge in [-0.2, -0.15) is 0 Å². The molecule has 0 bridgehead atoms. The molecule has 0 unspecified atom stereocenters. The third-order valence-corrected chi connectivity index (χ3v) is 3.00. The van der Waals surface area contributed by atoms with Gasteiger partial charge < -0.3 is 19.3 Å². The first-order chi connectivity index (χ1) is 9.08. The normalized spacial score (nSPS) is 12.7. The van der Waals surface area contributed by atoms with E-state index in [1.54, 1.807) is 6.92 Å². The van der Waals surface area contributed by atoms with Gasteiger partial charge in [0.1, 0.15) is 12.4 Å². The maximum absolute atomic E-state index is 9.74. The number of hydrogen-bond acceptors (Lipinski definition) is 4. The molecule has 0 radical (unpaired) electrons. The average molecular weight is 333 g/mol. The molecule has 19 heavy (non-hydrogen) atoms. The van der Waals surface area contributed by atoms with Crippen LogP contribution >= 0.6 is 15.9 Å². The maximum atomic E-state index is 9.74. The minimum Gasteiger partial charge on any atom is -0.488 e. The lowest BCUT2D eigenvalue weighted by Gasteiger charge is -2.19. The van der Waals surface area contributed by atoms with E-state index < -0.39 is 6.10 Å². The Bertz CT molecular complexity index is 376. The molecule has 0 aromatic heterocycles. The number of hydrogen-bond donors (Lipinski definition) is 1. The third kappa shape index (κ3) is 5.48. The van der Waals surface area contributed by atoms with Crippen LogP contribution in [0.25, 0.3) is 0 Å². The van der Waals surface area contributed by atoms with E-state index in [-0.39, 0.29) is 6.29 Å². The van der Waals surface area contributed by atoms with E-state index in [1.807, 2.05) is 32.0 Å². The van der Waals surface area contributed by atoms with Gasteiger partial charge in [0.05, 0.1) is 6.10 Å². The highest BCUT2D eigenvalue weighted by atomic mass is 79.9. The molecule has 0 aliphatic rings. The van der Waals surface area contributed by atoms with Crippen LogP contribution in [-0.2, 0) is 9.47 Å². The molecular weight excluding hydrogens is 312 g/mol. The summed E-state index contributed by atoms with van der Waals surface area (Å²) in [6, 6.07) is 5.54. The zero-order valence-corrected chi connectivity index (χ0v) is 13.1. The van der Waals surface area contributed by atoms with Gasteiger partial charge in [-0.05, 0) is 39.0 Å². The third-order valence-electron chi connectivity index (χ3n) is 2.50. The molecule has 0 heterocycles. The summed E-state index contributed by atoms with van der Waals surface area (Å²) in [6.45, 7) is 6.95. The zero-order chi connectivity index (χ0) is 14.3. The molecule has 1 aromatic carbocycles. The lowest BCUT2D eigenvalue weighted by Crippen LogP contribution is -2.25. The fourth-order valence-electron chi connectivity index (χ4n) is 1.65. The maximum Gasteiger partial charge on any atom is 0.191 e. The van der Waals surface area contributed by atoms with Crippen LogP contribution in [-0.4, -0.2) is 31.2 Å². The van der Waals surface area contributed by atoms with Crippen molar-refractivity contribution in [2.24, 2.45) is 0 Å².